The van der Waals surface area contributed by atoms with E-state index in [2.05, 4.69) is 19.1 Å². The van der Waals surface area contributed by atoms with Gasteiger partial charge in [-0.1, -0.05) is 35.3 Å². The van der Waals surface area contributed by atoms with Crippen molar-refractivity contribution in [1.29, 1.82) is 0 Å². The Balaban J connectivity index is 0.000000477. The van der Waals surface area contributed by atoms with Crippen LogP contribution in [0.15, 0.2) is 48.5 Å². The van der Waals surface area contributed by atoms with E-state index >= 15 is 0 Å². The summed E-state index contributed by atoms with van der Waals surface area (Å²) >= 11 is 11.6. The molecule has 2 aromatic rings. The molecule has 0 aliphatic heterocycles. The topological polar surface area (TPSA) is 273 Å². The molecule has 2 aromatic carbocycles. The second-order valence-corrected chi connectivity index (χ2v) is 15.6. The molecule has 0 spiro atoms. The molecule has 66 heavy (non-hydrogen) atoms. The Morgan fingerprint density at radius 3 is 1.33 bits per heavy atom. The Morgan fingerprint density at radius 2 is 1.06 bits per heavy atom. The minimum Gasteiger partial charge on any atom is -1.00 e. The van der Waals surface area contributed by atoms with Gasteiger partial charge in [-0.05, 0) is 62.6 Å². The molecule has 0 saturated heterocycles. The van der Waals surface area contributed by atoms with Crippen LogP contribution >= 0.6 is 23.2 Å². The van der Waals surface area contributed by atoms with Gasteiger partial charge in [0.2, 0.25) is 17.0 Å². The van der Waals surface area contributed by atoms with Crippen LogP contribution in [-0.2, 0) is 62.1 Å². The van der Waals surface area contributed by atoms with E-state index in [1.165, 1.54) is 24.3 Å². The molecule has 6 fully saturated rings. The van der Waals surface area contributed by atoms with Crippen molar-refractivity contribution in [2.75, 3.05) is 27.9 Å². The predicted octanol–water partition coefficient (Wildman–Crippen LogP) is -4.07. The number of benzene rings is 2. The molecule has 0 bridgehead atoms. The maximum absolute atomic E-state index is 14.5. The first-order valence-electron chi connectivity index (χ1n) is 19.0. The molecular formula is C41H41Cl2F3K2O18. The smallest absolute Gasteiger partial charge is 1.00 e. The number of methoxy groups -OCH3 is 2. The van der Waals surface area contributed by atoms with Crippen molar-refractivity contribution in [3.63, 3.8) is 0 Å². The van der Waals surface area contributed by atoms with Gasteiger partial charge in [0, 0.05) is 34.9 Å². The molecule has 6 aliphatic carbocycles. The number of Topliss-reactive ketones (excluding diaryl/α,β-unsaturated/α-hetero) is 3. The van der Waals surface area contributed by atoms with E-state index in [1.54, 1.807) is 31.2 Å². The molecule has 8 rings (SSSR count). The summed E-state index contributed by atoms with van der Waals surface area (Å²) in [6, 6.07) is 12.2. The van der Waals surface area contributed by atoms with Crippen molar-refractivity contribution in [3.05, 3.63) is 69.7 Å². The number of aliphatic hydroxyl groups is 2. The fourth-order valence-corrected chi connectivity index (χ4v) is 8.68. The summed E-state index contributed by atoms with van der Waals surface area (Å²) in [5.74, 6) is -11.5. The third kappa shape index (κ3) is 12.0. The van der Waals surface area contributed by atoms with Crippen molar-refractivity contribution in [2.24, 2.45) is 35.5 Å². The Morgan fingerprint density at radius 1 is 0.712 bits per heavy atom. The molecule has 0 unspecified atom stereocenters. The van der Waals surface area contributed by atoms with Crippen LogP contribution in [0.1, 0.15) is 48.3 Å². The molecule has 2 N–H and O–H groups in total. The van der Waals surface area contributed by atoms with Gasteiger partial charge in [-0.2, -0.15) is 0 Å². The number of hydrogen-bond acceptors (Lipinski definition) is 18. The van der Waals surface area contributed by atoms with Crippen molar-refractivity contribution >= 4 is 76.9 Å². The van der Waals surface area contributed by atoms with Crippen LogP contribution in [-0.4, -0.2) is 127 Å². The first kappa shape index (κ1) is 59.9. The Hall–Kier alpha value is -2.21. The third-order valence-electron chi connectivity index (χ3n) is 11.4. The molecular weight excluding hydrogens is 987 g/mol. The Labute approximate surface area is 470 Å². The molecule has 25 heteroatoms. The summed E-state index contributed by atoms with van der Waals surface area (Å²) in [5.41, 5.74) is -6.25. The van der Waals surface area contributed by atoms with Crippen molar-refractivity contribution < 1.29 is 205 Å². The summed E-state index contributed by atoms with van der Waals surface area (Å²) in [4.78, 5) is 104. The number of carbonyl (C=O) groups excluding carboxylic acids is 9. The van der Waals surface area contributed by atoms with Crippen LogP contribution in [0, 0.1) is 35.5 Å². The molecule has 0 radical (unpaired) electrons. The van der Waals surface area contributed by atoms with Gasteiger partial charge >= 0.3 is 133 Å². The second-order valence-electron chi connectivity index (χ2n) is 14.7. The summed E-state index contributed by atoms with van der Waals surface area (Å²) in [7, 11) is 3.15. The van der Waals surface area contributed by atoms with Gasteiger partial charge in [0.05, 0.1) is 49.7 Å². The molecule has 0 aromatic heterocycles. The fourth-order valence-electron chi connectivity index (χ4n) is 8.30. The quantitative estimate of drug-likeness (QED) is 0.0604. The van der Waals surface area contributed by atoms with E-state index in [-0.39, 0.29) is 148 Å². The van der Waals surface area contributed by atoms with E-state index in [4.69, 9.17) is 52.9 Å². The number of carbonyl (C=O) groups is 9. The van der Waals surface area contributed by atoms with Gasteiger partial charge in [-0.3, -0.25) is 19.2 Å². The minimum atomic E-state index is -2.26. The van der Waals surface area contributed by atoms with Gasteiger partial charge in [0.15, 0.2) is 29.6 Å². The Bertz CT molecular complexity index is 2190. The number of aliphatic hydroxyl groups excluding tert-OH is 2. The number of alkyl halides is 3. The zero-order valence-electron chi connectivity index (χ0n) is 37.0. The number of hydrogen-bond donors (Lipinski definition) is 2. The first-order valence-corrected chi connectivity index (χ1v) is 19.8. The first-order chi connectivity index (χ1) is 30.2. The van der Waals surface area contributed by atoms with E-state index in [0.717, 1.165) is 21.3 Å². The molecule has 6 saturated carbocycles. The normalized spacial score (nSPS) is 31.5. The van der Waals surface area contributed by atoms with Crippen LogP contribution in [0.4, 0.5) is 13.2 Å². The zero-order valence-corrected chi connectivity index (χ0v) is 43.8. The van der Waals surface area contributed by atoms with Gasteiger partial charge in [0.25, 0.3) is 6.47 Å². The van der Waals surface area contributed by atoms with E-state index in [9.17, 15) is 51.5 Å². The summed E-state index contributed by atoms with van der Waals surface area (Å²) < 4.78 is 65.9. The third-order valence-corrected chi connectivity index (χ3v) is 11.9. The van der Waals surface area contributed by atoms with Gasteiger partial charge in [-0.15, -0.1) is 0 Å². The predicted molar refractivity (Wildman–Crippen MR) is 206 cm³/mol. The zero-order chi connectivity index (χ0) is 48.1. The van der Waals surface area contributed by atoms with E-state index in [0.29, 0.717) is 10.0 Å². The number of rotatable bonds is 9. The number of ketones is 3. The average Bonchev–Trinajstić information content (AvgIpc) is 4.09. The molecule has 6 aliphatic rings. The average molecular weight is 1030 g/mol. The number of fused-ring (bicyclic) bond motifs is 3. The second kappa shape index (κ2) is 25.1. The Kier molecular flexibility index (Phi) is 22.8. The summed E-state index contributed by atoms with van der Waals surface area (Å²) in [5, 5.41) is 25.2. The number of esters is 5. The number of ether oxygens (including phenoxy) is 5. The number of halogens is 5. The minimum absolute atomic E-state index is 0. The van der Waals surface area contributed by atoms with E-state index in [1.807, 2.05) is 0 Å². The largest absolute Gasteiger partial charge is 1.00 e. The molecule has 0 heterocycles. The molecule has 18 nitrogen and oxygen atoms in total. The van der Waals surface area contributed by atoms with Crippen LogP contribution < -0.4 is 108 Å². The van der Waals surface area contributed by atoms with Gasteiger partial charge < -0.3 is 45.5 Å². The SMILES string of the molecule is CCOC(=O)[C@@]1(F)[C@@H]2C[C@@H](OC(=O)c3cccc(Cl)c3)C(=O)[C@@H]21.CO.COC(=O)[C@@]1(F)[C@@H]2C[C@@H](O)C(=O)[C@@H]21.COC(=O)[C@@]1(F)[C@@H]2C[C@@H](OC(=O)c3cccc(Cl)c3)C(=O)[C@@H]21.O=CO[O-].[H-].[K+].[K+]. The molecule has 12 atom stereocenters. The molecule has 350 valence electrons. The van der Waals surface area contributed by atoms with E-state index < -0.39 is 118 Å². The van der Waals surface area contributed by atoms with Crippen LogP contribution in [0.2, 0.25) is 10.0 Å². The standard InChI is InChI=1S/C16H14ClFO5.C15H12ClFO5.C8H9FO4.CH2O3.CH4O.2K.H/c1-2-22-15(21)16(18)10-7-11(13(19)12(10)16)23-14(20)8-4-3-5-9(17)6-8;1-21-14(20)15(17)9-6-10(12(18)11(9)15)22-13(19)7-3-2-4-8(16)5-7;1-13-7(12)8(9)3-2-4(10)6(11)5(3)8;2-1-4-3;1-2;;;/h3-6,10-12H,2,7H2,1H3;2-5,9-11H,6H2,1H3;3-5,10H,2H2,1H3;1,3H;2H,1H3;;;/q;;;;;2*+1;-1/p-1/t10-,11-,12-,16-;9-,10-,11-,15-;3-,4-,5-,8-;;;;;/m111...../s1. The van der Waals surface area contributed by atoms with Gasteiger partial charge in [0.1, 0.15) is 6.10 Å². The summed E-state index contributed by atoms with van der Waals surface area (Å²) in [6.45, 7) is 1.43. The van der Waals surface area contributed by atoms with Crippen molar-refractivity contribution in [1.82, 2.24) is 0 Å². The fraction of sp³-hybridized carbons (Fsp3) is 0.488. The van der Waals surface area contributed by atoms with Crippen LogP contribution in [0.25, 0.3) is 0 Å². The maximum atomic E-state index is 14.5. The monoisotopic (exact) mass is 1030 g/mol. The maximum Gasteiger partial charge on any atom is 1.00 e. The van der Waals surface area contributed by atoms with Gasteiger partial charge in [-0.25, -0.2) is 37.1 Å². The summed E-state index contributed by atoms with van der Waals surface area (Å²) in [6.07, 6.45) is -3.14. The van der Waals surface area contributed by atoms with Crippen LogP contribution in [0.3, 0.4) is 0 Å². The van der Waals surface area contributed by atoms with Crippen LogP contribution in [0.5, 0.6) is 0 Å². The van der Waals surface area contributed by atoms with Crippen molar-refractivity contribution in [2.45, 2.75) is 61.5 Å². The van der Waals surface area contributed by atoms with Crippen molar-refractivity contribution in [3.8, 4) is 0 Å². The molecule has 0 amide bonds.